The second-order valence-electron chi connectivity index (χ2n) is 7.27. The van der Waals surface area contributed by atoms with Crippen molar-refractivity contribution in [2.24, 2.45) is 0 Å². The summed E-state index contributed by atoms with van der Waals surface area (Å²) in [6.45, 7) is 4.22. The summed E-state index contributed by atoms with van der Waals surface area (Å²) in [7, 11) is 0. The van der Waals surface area contributed by atoms with E-state index in [0.29, 0.717) is 22.7 Å². The molecule has 0 bridgehead atoms. The van der Waals surface area contributed by atoms with Crippen molar-refractivity contribution in [3.8, 4) is 0 Å². The van der Waals surface area contributed by atoms with E-state index in [0.717, 1.165) is 5.69 Å². The van der Waals surface area contributed by atoms with Crippen LogP contribution < -0.4 is 40.6 Å². The molecule has 0 spiro atoms. The Morgan fingerprint density at radius 2 is 1.50 bits per heavy atom. The number of hydrogen-bond donors (Lipinski definition) is 2. The fourth-order valence-electron chi connectivity index (χ4n) is 3.57. The molecule has 0 aromatic heterocycles. The molecule has 0 saturated heterocycles. The average molecular weight is 426 g/mol. The van der Waals surface area contributed by atoms with Gasteiger partial charge in [-0.1, -0.05) is 50.2 Å². The van der Waals surface area contributed by atoms with Gasteiger partial charge in [-0.2, -0.15) is 0 Å². The van der Waals surface area contributed by atoms with E-state index in [1.807, 2.05) is 24.3 Å². The van der Waals surface area contributed by atoms with Crippen molar-refractivity contribution in [2.45, 2.75) is 24.7 Å². The predicted octanol–water partition coefficient (Wildman–Crippen LogP) is 2.14. The minimum atomic E-state index is -0.346. The molecule has 3 N–H and O–H groups in total. The van der Waals surface area contributed by atoms with Gasteiger partial charge in [0.15, 0.2) is 11.6 Å². The topological polar surface area (TPSA) is 95.2 Å². The van der Waals surface area contributed by atoms with Crippen LogP contribution in [0.15, 0.2) is 59.5 Å². The summed E-state index contributed by atoms with van der Waals surface area (Å²) in [5, 5.41) is 3.20. The van der Waals surface area contributed by atoms with Crippen molar-refractivity contribution in [3.63, 3.8) is 0 Å². The van der Waals surface area contributed by atoms with E-state index in [9.17, 15) is 14.1 Å². The number of hydrogen-bond acceptors (Lipinski definition) is 6. The van der Waals surface area contributed by atoms with Gasteiger partial charge in [0, 0.05) is 21.7 Å². The third-order valence-electron chi connectivity index (χ3n) is 5.15. The van der Waals surface area contributed by atoms with Gasteiger partial charge in [-0.3, -0.25) is 9.59 Å². The molecule has 0 aliphatic heterocycles. The molecule has 5 nitrogen and oxygen atoms in total. The molecule has 146 valence electrons. The van der Waals surface area contributed by atoms with Crippen molar-refractivity contribution in [2.75, 3.05) is 11.1 Å². The maximum atomic E-state index is 13.2. The zero-order chi connectivity index (χ0) is 20.7. The minimum Gasteiger partial charge on any atom is -0.795 e. The van der Waals surface area contributed by atoms with Crippen molar-refractivity contribution in [1.82, 2.24) is 0 Å². The number of nitrogens with one attached hydrogen (secondary N) is 1. The first-order chi connectivity index (χ1) is 13.9. The maximum absolute atomic E-state index is 13.2. The molecule has 3 aromatic carbocycles. The average Bonchev–Trinajstić information content (AvgIpc) is 2.73. The molecule has 0 unspecified atom stereocenters. The maximum Gasteiger partial charge on any atom is 1.00 e. The Labute approximate surface area is 201 Å². The number of ketones is 2. The minimum absolute atomic E-state index is 0. The van der Waals surface area contributed by atoms with Crippen LogP contribution in [0.4, 0.5) is 17.1 Å². The molecule has 0 saturated carbocycles. The first-order valence-corrected chi connectivity index (χ1v) is 9.98. The number of anilines is 3. The Hall–Kier alpha value is -2.09. The molecule has 4 rings (SSSR count). The fourth-order valence-corrected chi connectivity index (χ4v) is 3.93. The number of nitrogen functional groups attached to an aromatic ring is 1. The molecule has 0 fully saturated rings. The van der Waals surface area contributed by atoms with E-state index >= 15 is 0 Å². The van der Waals surface area contributed by atoms with E-state index in [1.54, 1.807) is 30.3 Å². The van der Waals surface area contributed by atoms with Crippen LogP contribution in [0.25, 0.3) is 0 Å². The number of carbonyl (C=O) groups is 2. The first kappa shape index (κ1) is 22.6. The van der Waals surface area contributed by atoms with Crippen molar-refractivity contribution < 1.29 is 43.7 Å². The molecule has 3 aromatic rings. The summed E-state index contributed by atoms with van der Waals surface area (Å²) in [6, 6.07) is 16.0. The SMILES string of the molecule is CC(C)c1ccc(Nc2cc(S[O-])c(N)c3c2C(=O)c2ccccc2C3=O)cc1.[Na+]. The number of benzene rings is 3. The number of rotatable bonds is 4. The second-order valence-corrected chi connectivity index (χ2v) is 7.88. The normalized spacial score (nSPS) is 12.3. The van der Waals surface area contributed by atoms with Crippen LogP contribution >= 0.6 is 12.0 Å². The largest absolute Gasteiger partial charge is 1.00 e. The molecule has 30 heavy (non-hydrogen) atoms. The van der Waals surface area contributed by atoms with Gasteiger partial charge in [0.2, 0.25) is 0 Å². The summed E-state index contributed by atoms with van der Waals surface area (Å²) in [6.07, 6.45) is 0. The van der Waals surface area contributed by atoms with Crippen LogP contribution in [0, 0.1) is 0 Å². The number of fused-ring (bicyclic) bond motifs is 2. The molecular formula is C23H19N2NaO3S. The Balaban J connectivity index is 0.00000256. The Bertz CT molecular complexity index is 1140. The van der Waals surface area contributed by atoms with Crippen LogP contribution in [0.1, 0.15) is 57.2 Å². The fraction of sp³-hybridized carbons (Fsp3) is 0.130. The zero-order valence-corrected chi connectivity index (χ0v) is 19.8. The molecule has 0 radical (unpaired) electrons. The van der Waals surface area contributed by atoms with Gasteiger partial charge in [0.1, 0.15) is 0 Å². The van der Waals surface area contributed by atoms with Crippen molar-refractivity contribution >= 4 is 40.7 Å². The molecule has 0 heterocycles. The summed E-state index contributed by atoms with van der Waals surface area (Å²) < 4.78 is 11.6. The van der Waals surface area contributed by atoms with Crippen molar-refractivity contribution in [3.05, 3.63) is 82.4 Å². The Morgan fingerprint density at radius 1 is 0.933 bits per heavy atom. The van der Waals surface area contributed by atoms with Gasteiger partial charge in [-0.05, 0) is 29.7 Å². The first-order valence-electron chi connectivity index (χ1n) is 9.24. The van der Waals surface area contributed by atoms with Crippen LogP contribution in [-0.4, -0.2) is 16.1 Å². The van der Waals surface area contributed by atoms with Crippen LogP contribution in [0.5, 0.6) is 0 Å². The Morgan fingerprint density at radius 3 is 2.03 bits per heavy atom. The van der Waals surface area contributed by atoms with E-state index in [-0.39, 0.29) is 74.9 Å². The third-order valence-corrected chi connectivity index (χ3v) is 5.66. The van der Waals surface area contributed by atoms with Gasteiger partial charge >= 0.3 is 29.6 Å². The summed E-state index contributed by atoms with van der Waals surface area (Å²) in [5.74, 6) is -0.236. The number of carbonyl (C=O) groups excluding carboxylic acids is 2. The van der Waals surface area contributed by atoms with Crippen LogP contribution in [0.2, 0.25) is 0 Å². The van der Waals surface area contributed by atoms with E-state index < -0.39 is 0 Å². The molecule has 1 aliphatic rings. The van der Waals surface area contributed by atoms with Gasteiger partial charge in [-0.15, -0.1) is 0 Å². The molecule has 0 amide bonds. The molecule has 7 heteroatoms. The summed E-state index contributed by atoms with van der Waals surface area (Å²) in [5.41, 5.74) is 9.45. The molecular weight excluding hydrogens is 407 g/mol. The standard InChI is InChI=1S/C23H20N2O3S.Na/c1-12(2)13-7-9-14(10-8-13)25-17-11-18(29-28)21(24)20-19(17)22(26)15-5-3-4-6-16(15)23(20)27;/h3-12,25,28H,24H2,1-2H3;/q;+1/p-1. The monoisotopic (exact) mass is 426 g/mol. The smallest absolute Gasteiger partial charge is 0.795 e. The van der Waals surface area contributed by atoms with Crippen molar-refractivity contribution in [1.29, 1.82) is 0 Å². The zero-order valence-electron chi connectivity index (χ0n) is 17.0. The van der Waals surface area contributed by atoms with E-state index in [1.165, 1.54) is 5.56 Å². The van der Waals surface area contributed by atoms with Gasteiger partial charge in [0.25, 0.3) is 0 Å². The number of nitrogens with two attached hydrogens (primary N) is 1. The molecule has 0 atom stereocenters. The quantitative estimate of drug-likeness (QED) is 0.295. The van der Waals surface area contributed by atoms with Gasteiger partial charge < -0.3 is 15.6 Å². The van der Waals surface area contributed by atoms with Gasteiger partial charge in [-0.25, -0.2) is 12.0 Å². The van der Waals surface area contributed by atoms with Gasteiger partial charge in [0.05, 0.1) is 22.5 Å². The Kier molecular flexibility index (Phi) is 6.75. The third kappa shape index (κ3) is 3.82. The van der Waals surface area contributed by atoms with E-state index in [2.05, 4.69) is 19.2 Å². The molecule has 1 aliphatic carbocycles. The summed E-state index contributed by atoms with van der Waals surface area (Å²) >= 11 is 0.205. The van der Waals surface area contributed by atoms with Crippen LogP contribution in [0.3, 0.4) is 0 Å². The second kappa shape index (κ2) is 8.96. The van der Waals surface area contributed by atoms with Crippen LogP contribution in [-0.2, 0) is 0 Å². The van der Waals surface area contributed by atoms with E-state index in [4.69, 9.17) is 5.73 Å². The predicted molar refractivity (Wildman–Crippen MR) is 115 cm³/mol. The summed E-state index contributed by atoms with van der Waals surface area (Å²) in [4.78, 5) is 26.5.